The second-order valence-corrected chi connectivity index (χ2v) is 7.76. The highest BCUT2D eigenvalue weighted by molar-refractivity contribution is 5.56. The Kier molecular flexibility index (Phi) is 7.96. The SMILES string of the molecule is CCN(CC)c1ccc(C(OCc2ccccc2)c2ccc(N(C)C)cc2)c(OC)c1. The maximum absolute atomic E-state index is 6.49. The third-order valence-electron chi connectivity index (χ3n) is 5.60. The molecule has 164 valence electrons. The van der Waals surface area contributed by atoms with E-state index in [0.29, 0.717) is 6.61 Å². The quantitative estimate of drug-likeness (QED) is 0.408. The van der Waals surface area contributed by atoms with Gasteiger partial charge in [-0.3, -0.25) is 0 Å². The van der Waals surface area contributed by atoms with Gasteiger partial charge >= 0.3 is 0 Å². The van der Waals surface area contributed by atoms with Crippen LogP contribution in [0.15, 0.2) is 72.8 Å². The van der Waals surface area contributed by atoms with Gasteiger partial charge in [-0.1, -0.05) is 48.5 Å². The number of hydrogen-bond donors (Lipinski definition) is 0. The minimum absolute atomic E-state index is 0.225. The highest BCUT2D eigenvalue weighted by atomic mass is 16.5. The van der Waals surface area contributed by atoms with Crippen molar-refractivity contribution in [2.24, 2.45) is 0 Å². The molecule has 0 saturated carbocycles. The average Bonchev–Trinajstić information content (AvgIpc) is 2.81. The molecule has 31 heavy (non-hydrogen) atoms. The summed E-state index contributed by atoms with van der Waals surface area (Å²) in [5.74, 6) is 0.846. The molecule has 0 spiro atoms. The van der Waals surface area contributed by atoms with Gasteiger partial charge in [0.05, 0.1) is 13.7 Å². The number of ether oxygens (including phenoxy) is 2. The molecular formula is C27H34N2O2. The Morgan fingerprint density at radius 1 is 0.806 bits per heavy atom. The van der Waals surface area contributed by atoms with Crippen molar-refractivity contribution in [3.8, 4) is 5.75 Å². The lowest BCUT2D eigenvalue weighted by Crippen LogP contribution is -2.22. The van der Waals surface area contributed by atoms with E-state index in [-0.39, 0.29) is 6.10 Å². The second-order valence-electron chi connectivity index (χ2n) is 7.76. The van der Waals surface area contributed by atoms with Crippen molar-refractivity contribution in [2.75, 3.05) is 44.1 Å². The standard InChI is InChI=1S/C27H34N2O2/c1-6-29(7-2)24-17-18-25(26(19-24)30-5)27(31-20-21-11-9-8-10-12-21)22-13-15-23(16-14-22)28(3)4/h8-19,27H,6-7,20H2,1-5H3. The van der Waals surface area contributed by atoms with Crippen LogP contribution in [0.25, 0.3) is 0 Å². The van der Waals surface area contributed by atoms with E-state index in [1.807, 2.05) is 32.3 Å². The Balaban J connectivity index is 1.98. The molecule has 0 aliphatic heterocycles. The fraction of sp³-hybridized carbons (Fsp3) is 0.333. The Labute approximate surface area is 187 Å². The second kappa shape index (κ2) is 10.9. The van der Waals surface area contributed by atoms with Gasteiger partial charge < -0.3 is 19.3 Å². The molecule has 0 fully saturated rings. The largest absolute Gasteiger partial charge is 0.496 e. The molecule has 3 rings (SSSR count). The van der Waals surface area contributed by atoms with Crippen molar-refractivity contribution in [1.29, 1.82) is 0 Å². The van der Waals surface area contributed by atoms with Crippen molar-refractivity contribution in [3.63, 3.8) is 0 Å². The predicted octanol–water partition coefficient (Wildman–Crippen LogP) is 5.91. The number of benzene rings is 3. The van der Waals surface area contributed by atoms with Crippen LogP contribution in [0.2, 0.25) is 0 Å². The number of methoxy groups -OCH3 is 1. The normalized spacial score (nSPS) is 11.8. The Hall–Kier alpha value is -2.98. The molecule has 0 aliphatic rings. The summed E-state index contributed by atoms with van der Waals surface area (Å²) in [6, 6.07) is 25.3. The summed E-state index contributed by atoms with van der Waals surface area (Å²) in [5, 5.41) is 0. The van der Waals surface area contributed by atoms with Crippen molar-refractivity contribution in [1.82, 2.24) is 0 Å². The van der Waals surface area contributed by atoms with E-state index in [1.54, 1.807) is 7.11 Å². The smallest absolute Gasteiger partial charge is 0.127 e. The van der Waals surface area contributed by atoms with Crippen LogP contribution in [0.1, 0.15) is 36.6 Å². The summed E-state index contributed by atoms with van der Waals surface area (Å²) in [5.41, 5.74) is 5.61. The van der Waals surface area contributed by atoms with Crippen molar-refractivity contribution in [3.05, 3.63) is 89.5 Å². The molecule has 4 heteroatoms. The third kappa shape index (κ3) is 5.59. The monoisotopic (exact) mass is 418 g/mol. The zero-order valence-corrected chi connectivity index (χ0v) is 19.3. The van der Waals surface area contributed by atoms with E-state index in [1.165, 1.54) is 0 Å². The Morgan fingerprint density at radius 3 is 2.03 bits per heavy atom. The molecule has 0 radical (unpaired) electrons. The summed E-state index contributed by atoms with van der Waals surface area (Å²) in [6.07, 6.45) is -0.225. The molecule has 0 heterocycles. The van der Waals surface area contributed by atoms with Gasteiger partial charge in [0.2, 0.25) is 0 Å². The minimum atomic E-state index is -0.225. The maximum Gasteiger partial charge on any atom is 0.127 e. The van der Waals surface area contributed by atoms with Crippen LogP contribution in [0.4, 0.5) is 11.4 Å². The van der Waals surface area contributed by atoms with Crippen LogP contribution in [-0.4, -0.2) is 34.3 Å². The average molecular weight is 419 g/mol. The lowest BCUT2D eigenvalue weighted by molar-refractivity contribution is 0.0651. The van der Waals surface area contributed by atoms with E-state index in [0.717, 1.165) is 46.9 Å². The molecule has 4 nitrogen and oxygen atoms in total. The molecular weight excluding hydrogens is 384 g/mol. The summed E-state index contributed by atoms with van der Waals surface area (Å²) in [7, 11) is 5.83. The van der Waals surface area contributed by atoms with Gasteiger partial charge in [-0.05, 0) is 43.2 Å². The first-order valence-electron chi connectivity index (χ1n) is 10.9. The first-order chi connectivity index (χ1) is 15.1. The molecule has 0 bridgehead atoms. The van der Waals surface area contributed by atoms with Crippen LogP contribution < -0.4 is 14.5 Å². The number of hydrogen-bond acceptors (Lipinski definition) is 4. The lowest BCUT2D eigenvalue weighted by atomic mass is 9.99. The van der Waals surface area contributed by atoms with Crippen LogP contribution in [0.3, 0.4) is 0 Å². The number of anilines is 2. The zero-order chi connectivity index (χ0) is 22.2. The number of rotatable bonds is 10. The van der Waals surface area contributed by atoms with Crippen molar-refractivity contribution >= 4 is 11.4 Å². The fourth-order valence-corrected chi connectivity index (χ4v) is 3.77. The predicted molar refractivity (Wildman–Crippen MR) is 130 cm³/mol. The van der Waals surface area contributed by atoms with Gasteiger partial charge in [-0.25, -0.2) is 0 Å². The van der Waals surface area contributed by atoms with E-state index >= 15 is 0 Å². The minimum Gasteiger partial charge on any atom is -0.496 e. The van der Waals surface area contributed by atoms with Gasteiger partial charge in [0.1, 0.15) is 11.9 Å². The van der Waals surface area contributed by atoms with Gasteiger partial charge in [0.25, 0.3) is 0 Å². The summed E-state index contributed by atoms with van der Waals surface area (Å²) in [6.45, 7) is 6.78. The Bertz CT molecular complexity index is 935. The van der Waals surface area contributed by atoms with E-state index < -0.39 is 0 Å². The zero-order valence-electron chi connectivity index (χ0n) is 19.3. The highest BCUT2D eigenvalue weighted by Crippen LogP contribution is 2.36. The first-order valence-corrected chi connectivity index (χ1v) is 10.9. The van der Waals surface area contributed by atoms with Gasteiger partial charge in [0, 0.05) is 50.2 Å². The van der Waals surface area contributed by atoms with Gasteiger partial charge in [-0.2, -0.15) is 0 Å². The molecule has 0 saturated heterocycles. The summed E-state index contributed by atoms with van der Waals surface area (Å²) in [4.78, 5) is 4.42. The molecule has 0 aromatic heterocycles. The fourth-order valence-electron chi connectivity index (χ4n) is 3.77. The maximum atomic E-state index is 6.49. The number of nitrogens with zero attached hydrogens (tertiary/aromatic N) is 2. The molecule has 3 aromatic carbocycles. The summed E-state index contributed by atoms with van der Waals surface area (Å²) < 4.78 is 12.3. The lowest BCUT2D eigenvalue weighted by Gasteiger charge is -2.25. The van der Waals surface area contributed by atoms with E-state index in [4.69, 9.17) is 9.47 Å². The van der Waals surface area contributed by atoms with Gasteiger partial charge in [-0.15, -0.1) is 0 Å². The topological polar surface area (TPSA) is 24.9 Å². The third-order valence-corrected chi connectivity index (χ3v) is 5.60. The first kappa shape index (κ1) is 22.7. The highest BCUT2D eigenvalue weighted by Gasteiger charge is 2.21. The van der Waals surface area contributed by atoms with Crippen LogP contribution in [-0.2, 0) is 11.3 Å². The van der Waals surface area contributed by atoms with Crippen LogP contribution in [0.5, 0.6) is 5.75 Å². The van der Waals surface area contributed by atoms with Gasteiger partial charge in [0.15, 0.2) is 0 Å². The Morgan fingerprint density at radius 2 is 1.45 bits per heavy atom. The molecule has 0 amide bonds. The molecule has 3 aromatic rings. The van der Waals surface area contributed by atoms with E-state index in [9.17, 15) is 0 Å². The van der Waals surface area contributed by atoms with Crippen molar-refractivity contribution in [2.45, 2.75) is 26.6 Å². The molecule has 1 unspecified atom stereocenters. The molecule has 0 N–H and O–H groups in total. The summed E-state index contributed by atoms with van der Waals surface area (Å²) >= 11 is 0. The molecule has 0 aliphatic carbocycles. The molecule has 1 atom stereocenters. The van der Waals surface area contributed by atoms with E-state index in [2.05, 4.69) is 78.2 Å². The van der Waals surface area contributed by atoms with Crippen molar-refractivity contribution < 1.29 is 9.47 Å². The van der Waals surface area contributed by atoms with Crippen LogP contribution >= 0.6 is 0 Å². The van der Waals surface area contributed by atoms with Crippen LogP contribution in [0, 0.1) is 0 Å².